The Morgan fingerprint density at radius 3 is 2.58 bits per heavy atom. The zero-order chi connectivity index (χ0) is 18.7. The predicted octanol–water partition coefficient (Wildman–Crippen LogP) is 2.01. The van der Waals surface area contributed by atoms with Crippen molar-refractivity contribution in [2.75, 3.05) is 5.75 Å². The van der Waals surface area contributed by atoms with Gasteiger partial charge < -0.3 is 4.74 Å². The predicted molar refractivity (Wildman–Crippen MR) is 92.9 cm³/mol. The molecule has 26 heavy (non-hydrogen) atoms. The highest BCUT2D eigenvalue weighted by molar-refractivity contribution is 7.92. The average Bonchev–Trinajstić information content (AvgIpc) is 2.80. The fourth-order valence-corrected chi connectivity index (χ4v) is 7.40. The van der Waals surface area contributed by atoms with Crippen LogP contribution in [0.3, 0.4) is 0 Å². The number of allylic oxidation sites excluding steroid dienone is 2. The van der Waals surface area contributed by atoms with Crippen LogP contribution in [-0.4, -0.2) is 41.8 Å². The van der Waals surface area contributed by atoms with E-state index in [4.69, 9.17) is 4.74 Å². The highest BCUT2D eigenvalue weighted by Crippen LogP contribution is 2.53. The highest BCUT2D eigenvalue weighted by Gasteiger charge is 2.69. The summed E-state index contributed by atoms with van der Waals surface area (Å²) in [4.78, 5) is 23.7. The molecular weight excluding hydrogens is 358 g/mol. The Kier molecular flexibility index (Phi) is 3.73. The van der Waals surface area contributed by atoms with Gasteiger partial charge in [0.05, 0.1) is 0 Å². The van der Waals surface area contributed by atoms with Crippen molar-refractivity contribution < 1.29 is 22.9 Å². The Morgan fingerprint density at radius 1 is 1.23 bits per heavy atom. The van der Waals surface area contributed by atoms with E-state index in [2.05, 4.69) is 0 Å². The molecular formula is C18H19NO6S. The molecule has 0 saturated carbocycles. The van der Waals surface area contributed by atoms with Crippen LogP contribution in [0.15, 0.2) is 41.7 Å². The van der Waals surface area contributed by atoms with Gasteiger partial charge in [0.15, 0.2) is 21.2 Å². The van der Waals surface area contributed by atoms with Crippen LogP contribution in [0.1, 0.15) is 37.7 Å². The van der Waals surface area contributed by atoms with Crippen molar-refractivity contribution in [3.8, 4) is 0 Å². The summed E-state index contributed by atoms with van der Waals surface area (Å²) >= 11 is 0. The van der Waals surface area contributed by atoms with E-state index in [9.17, 15) is 23.3 Å². The average molecular weight is 377 g/mol. The molecule has 3 aliphatic rings. The summed E-state index contributed by atoms with van der Waals surface area (Å²) in [5, 5.41) is 10.5. The van der Waals surface area contributed by atoms with Gasteiger partial charge >= 0.3 is 0 Å². The summed E-state index contributed by atoms with van der Waals surface area (Å²) in [7, 11) is -3.82. The summed E-state index contributed by atoms with van der Waals surface area (Å²) < 4.78 is 31.9. The lowest BCUT2D eigenvalue weighted by Crippen LogP contribution is -2.56. The molecule has 7 nitrogen and oxygen atoms in total. The number of benzene rings is 1. The topological polar surface area (TPSA) is 104 Å². The Morgan fingerprint density at radius 2 is 1.92 bits per heavy atom. The first-order chi connectivity index (χ1) is 12.3. The lowest BCUT2D eigenvalue weighted by molar-refractivity contribution is -0.537. The number of hydrogen-bond donors (Lipinski definition) is 0. The first-order valence-electron chi connectivity index (χ1n) is 8.61. The number of rotatable bonds is 2. The maximum atomic E-state index is 13.0. The summed E-state index contributed by atoms with van der Waals surface area (Å²) in [6, 6.07) is 7.57. The second kappa shape index (κ2) is 5.64. The van der Waals surface area contributed by atoms with Crippen molar-refractivity contribution in [3.05, 3.63) is 57.3 Å². The summed E-state index contributed by atoms with van der Waals surface area (Å²) in [6.45, 7) is 1.51. The van der Waals surface area contributed by atoms with Crippen LogP contribution in [0.2, 0.25) is 0 Å². The molecule has 8 heteroatoms. The van der Waals surface area contributed by atoms with Crippen LogP contribution in [0, 0.1) is 10.1 Å². The number of nitro groups is 1. The number of ketones is 1. The lowest BCUT2D eigenvalue weighted by atomic mass is 9.73. The smallest absolute Gasteiger partial charge is 0.266 e. The van der Waals surface area contributed by atoms with Gasteiger partial charge in [-0.25, -0.2) is 8.42 Å². The Hall–Kier alpha value is -2.22. The highest BCUT2D eigenvalue weighted by atomic mass is 32.2. The van der Waals surface area contributed by atoms with Gasteiger partial charge in [-0.2, -0.15) is 0 Å². The molecule has 1 fully saturated rings. The minimum Gasteiger partial charge on any atom is -0.483 e. The normalized spacial score (nSPS) is 35.4. The molecule has 1 saturated heterocycles. The van der Waals surface area contributed by atoms with E-state index >= 15 is 0 Å². The third-order valence-electron chi connectivity index (χ3n) is 5.78. The summed E-state index contributed by atoms with van der Waals surface area (Å²) in [5.41, 5.74) is -0.418. The molecule has 4 rings (SSSR count). The number of fused-ring (bicyclic) bond motifs is 1. The molecule has 1 aromatic carbocycles. The van der Waals surface area contributed by atoms with E-state index in [1.54, 1.807) is 24.3 Å². The van der Waals surface area contributed by atoms with Crippen molar-refractivity contribution in [1.82, 2.24) is 0 Å². The SMILES string of the molecule is C[C@]12OC3=C(C(=O)CCC3)[C@H](c3ccccc3)[C@H]1S(=O)(=O)C[C@@H]2[N+](=O)[O-]. The van der Waals surface area contributed by atoms with Gasteiger partial charge in [-0.15, -0.1) is 0 Å². The minimum absolute atomic E-state index is 0.123. The van der Waals surface area contributed by atoms with E-state index in [0.29, 0.717) is 36.2 Å². The number of ether oxygens (including phenoxy) is 1. The van der Waals surface area contributed by atoms with E-state index in [1.165, 1.54) is 6.92 Å². The number of nitrogens with zero attached hydrogens (tertiary/aromatic N) is 1. The van der Waals surface area contributed by atoms with Gasteiger partial charge in [0.1, 0.15) is 16.8 Å². The molecule has 0 unspecified atom stereocenters. The van der Waals surface area contributed by atoms with Gasteiger partial charge in [-0.05, 0) is 18.9 Å². The number of sulfone groups is 1. The fraction of sp³-hybridized carbons (Fsp3) is 0.500. The first-order valence-corrected chi connectivity index (χ1v) is 10.3. The van der Waals surface area contributed by atoms with Gasteiger partial charge in [0, 0.05) is 29.3 Å². The van der Waals surface area contributed by atoms with Crippen molar-refractivity contribution >= 4 is 15.6 Å². The molecule has 0 radical (unpaired) electrons. The molecule has 2 heterocycles. The van der Waals surface area contributed by atoms with Crippen molar-refractivity contribution in [3.63, 3.8) is 0 Å². The van der Waals surface area contributed by atoms with Crippen LogP contribution in [0.5, 0.6) is 0 Å². The molecule has 4 atom stereocenters. The summed E-state index contributed by atoms with van der Waals surface area (Å²) in [6.07, 6.45) is 1.45. The Bertz CT molecular complexity index is 922. The number of hydrogen-bond acceptors (Lipinski definition) is 6. The lowest BCUT2D eigenvalue weighted by Gasteiger charge is -2.44. The van der Waals surface area contributed by atoms with Crippen LogP contribution in [-0.2, 0) is 19.4 Å². The fourth-order valence-electron chi connectivity index (χ4n) is 4.68. The second-order valence-electron chi connectivity index (χ2n) is 7.34. The molecule has 2 aliphatic heterocycles. The summed E-state index contributed by atoms with van der Waals surface area (Å²) in [5.74, 6) is -0.994. The Balaban J connectivity index is 1.99. The van der Waals surface area contributed by atoms with Crippen LogP contribution >= 0.6 is 0 Å². The number of carbonyl (C=O) groups is 1. The van der Waals surface area contributed by atoms with Crippen molar-refractivity contribution in [2.45, 2.75) is 49.0 Å². The molecule has 0 aromatic heterocycles. The van der Waals surface area contributed by atoms with E-state index in [0.717, 1.165) is 0 Å². The molecule has 0 amide bonds. The molecule has 1 aromatic rings. The van der Waals surface area contributed by atoms with Crippen LogP contribution in [0.25, 0.3) is 0 Å². The number of Topliss-reactive ketones (excluding diaryl/α,β-unsaturated/α-hetero) is 1. The Labute approximate surface area is 151 Å². The van der Waals surface area contributed by atoms with E-state index < -0.39 is 43.3 Å². The molecule has 0 N–H and O–H groups in total. The van der Waals surface area contributed by atoms with E-state index in [-0.39, 0.29) is 5.78 Å². The monoisotopic (exact) mass is 377 g/mol. The first kappa shape index (κ1) is 17.2. The largest absolute Gasteiger partial charge is 0.483 e. The maximum Gasteiger partial charge on any atom is 0.266 e. The van der Waals surface area contributed by atoms with Crippen LogP contribution in [0.4, 0.5) is 0 Å². The zero-order valence-corrected chi connectivity index (χ0v) is 15.1. The zero-order valence-electron chi connectivity index (χ0n) is 14.3. The van der Waals surface area contributed by atoms with Crippen LogP contribution < -0.4 is 0 Å². The van der Waals surface area contributed by atoms with Crippen molar-refractivity contribution in [1.29, 1.82) is 0 Å². The van der Waals surface area contributed by atoms with Gasteiger partial charge in [-0.1, -0.05) is 30.3 Å². The quantitative estimate of drug-likeness (QED) is 0.577. The standard InChI is InChI=1S/C18H19NO6S/c1-18-14(19(21)22)10-26(23,24)17(18)15(11-6-3-2-4-7-11)16-12(20)8-5-9-13(16)25-18/h2-4,6-7,14-15,17H,5,8-10H2,1H3/t14-,15-,17+,18+/m0/s1. The maximum absolute atomic E-state index is 13.0. The second-order valence-corrected chi connectivity index (χ2v) is 9.51. The third kappa shape index (κ3) is 2.31. The number of carbonyl (C=O) groups excluding carboxylic acids is 1. The minimum atomic E-state index is -3.82. The van der Waals surface area contributed by atoms with Gasteiger partial charge in [0.2, 0.25) is 0 Å². The molecule has 1 aliphatic carbocycles. The van der Waals surface area contributed by atoms with Gasteiger partial charge in [-0.3, -0.25) is 14.9 Å². The molecule has 0 spiro atoms. The van der Waals surface area contributed by atoms with Gasteiger partial charge in [0.25, 0.3) is 6.04 Å². The molecule has 138 valence electrons. The molecule has 0 bridgehead atoms. The van der Waals surface area contributed by atoms with Crippen molar-refractivity contribution in [2.24, 2.45) is 0 Å². The van der Waals surface area contributed by atoms with E-state index in [1.807, 2.05) is 6.07 Å². The third-order valence-corrected chi connectivity index (χ3v) is 8.08.